The molecule has 0 atom stereocenters. The molecule has 0 aliphatic rings. The largest absolute Gasteiger partial charge is 0.500 e. The molecule has 0 bridgehead atoms. The monoisotopic (exact) mass is 518 g/mol. The Bertz CT molecular complexity index is 1010. The van der Waals surface area contributed by atoms with Gasteiger partial charge in [-0.1, -0.05) is 0 Å². The van der Waals surface area contributed by atoms with Crippen LogP contribution >= 0.6 is 0 Å². The molecule has 0 radical (unpaired) electrons. The summed E-state index contributed by atoms with van der Waals surface area (Å²) in [5.74, 6) is 0.387. The molecule has 196 valence electrons. The molecule has 0 aliphatic carbocycles. The standard InChI is InChI=1S/C24H34N4O7Si/c1-6-32-36(33-7-2,34-8-3)15-9-14-25-24(29)35-22-16-18(4)23(19(5)17-22)27-26-20-10-12-21(13-11-20)28(30)31/h10-13,16-17H,6-9,14-15H2,1-5H3,(H,25,29). The number of nitrogens with one attached hydrogen (secondary N) is 1. The zero-order valence-electron chi connectivity index (χ0n) is 21.4. The summed E-state index contributed by atoms with van der Waals surface area (Å²) in [6.45, 7) is 11.3. The minimum atomic E-state index is -2.74. The number of carbonyl (C=O) groups excluding carboxylic acids is 1. The van der Waals surface area contributed by atoms with Gasteiger partial charge >= 0.3 is 14.9 Å². The van der Waals surface area contributed by atoms with E-state index in [1.165, 1.54) is 24.3 Å². The molecule has 2 aromatic rings. The number of nitrogens with zero attached hydrogens (tertiary/aromatic N) is 3. The fraction of sp³-hybridized carbons (Fsp3) is 0.458. The minimum absolute atomic E-state index is 0.0135. The van der Waals surface area contributed by atoms with Crippen molar-refractivity contribution in [1.82, 2.24) is 5.32 Å². The molecule has 12 heteroatoms. The van der Waals surface area contributed by atoms with Crippen molar-refractivity contribution in [2.24, 2.45) is 10.2 Å². The highest BCUT2D eigenvalue weighted by Crippen LogP contribution is 2.30. The molecule has 2 aromatic carbocycles. The lowest BCUT2D eigenvalue weighted by Gasteiger charge is -2.28. The molecule has 36 heavy (non-hydrogen) atoms. The van der Waals surface area contributed by atoms with Gasteiger partial charge < -0.3 is 23.3 Å². The van der Waals surface area contributed by atoms with Gasteiger partial charge in [-0.3, -0.25) is 10.1 Å². The van der Waals surface area contributed by atoms with E-state index < -0.39 is 19.8 Å². The van der Waals surface area contributed by atoms with Crippen LogP contribution in [0.2, 0.25) is 6.04 Å². The van der Waals surface area contributed by atoms with Gasteiger partial charge in [-0.25, -0.2) is 4.79 Å². The van der Waals surface area contributed by atoms with Gasteiger partial charge in [-0.15, -0.1) is 0 Å². The van der Waals surface area contributed by atoms with E-state index in [0.29, 0.717) is 56.0 Å². The van der Waals surface area contributed by atoms with Crippen LogP contribution in [0.25, 0.3) is 0 Å². The Balaban J connectivity index is 1.93. The van der Waals surface area contributed by atoms with Crippen molar-refractivity contribution in [3.05, 3.63) is 57.6 Å². The molecule has 2 rings (SSSR count). The maximum Gasteiger partial charge on any atom is 0.500 e. The summed E-state index contributed by atoms with van der Waals surface area (Å²) in [6, 6.07) is 9.79. The number of carbonyl (C=O) groups is 1. The summed E-state index contributed by atoms with van der Waals surface area (Å²) >= 11 is 0. The van der Waals surface area contributed by atoms with Crippen molar-refractivity contribution in [3.8, 4) is 5.75 Å². The first-order valence-electron chi connectivity index (χ1n) is 11.9. The number of nitro groups is 1. The second kappa shape index (κ2) is 14.4. The highest BCUT2D eigenvalue weighted by Gasteiger charge is 2.39. The van der Waals surface area contributed by atoms with Gasteiger partial charge in [0.1, 0.15) is 5.75 Å². The fourth-order valence-electron chi connectivity index (χ4n) is 3.52. The zero-order valence-corrected chi connectivity index (χ0v) is 22.4. The Morgan fingerprint density at radius 2 is 1.53 bits per heavy atom. The van der Waals surface area contributed by atoms with Gasteiger partial charge in [0, 0.05) is 44.5 Å². The lowest BCUT2D eigenvalue weighted by molar-refractivity contribution is -0.384. The number of amides is 1. The number of aryl methyl sites for hydroxylation is 2. The van der Waals surface area contributed by atoms with E-state index in [0.717, 1.165) is 11.1 Å². The quantitative estimate of drug-likeness (QED) is 0.104. The Morgan fingerprint density at radius 3 is 2.03 bits per heavy atom. The maximum absolute atomic E-state index is 12.3. The molecular formula is C24H34N4O7Si. The Hall–Kier alpha value is -3.19. The van der Waals surface area contributed by atoms with E-state index >= 15 is 0 Å². The van der Waals surface area contributed by atoms with Crippen LogP contribution in [0.15, 0.2) is 46.6 Å². The molecular weight excluding hydrogens is 484 g/mol. The SMILES string of the molecule is CCO[Si](CCCNC(=O)Oc1cc(C)c(N=Nc2ccc([N+](=O)[O-])cc2)c(C)c1)(OCC)OCC. The number of hydrogen-bond donors (Lipinski definition) is 1. The number of rotatable bonds is 14. The average molecular weight is 519 g/mol. The van der Waals surface area contributed by atoms with Crippen molar-refractivity contribution >= 4 is 32.0 Å². The molecule has 11 nitrogen and oxygen atoms in total. The van der Waals surface area contributed by atoms with Crippen LogP contribution < -0.4 is 10.1 Å². The van der Waals surface area contributed by atoms with Gasteiger partial charge in [0.05, 0.1) is 16.3 Å². The number of nitro benzene ring substituents is 1. The van der Waals surface area contributed by atoms with Gasteiger partial charge in [0.25, 0.3) is 5.69 Å². The number of ether oxygens (including phenoxy) is 1. The first-order chi connectivity index (χ1) is 17.2. The van der Waals surface area contributed by atoms with Gasteiger partial charge in [0.2, 0.25) is 0 Å². The molecule has 1 amide bonds. The Kier molecular flexibility index (Phi) is 11.6. The second-order valence-corrected chi connectivity index (χ2v) is 10.5. The van der Waals surface area contributed by atoms with E-state index in [2.05, 4.69) is 15.5 Å². The van der Waals surface area contributed by atoms with Crippen LogP contribution in [-0.4, -0.2) is 46.2 Å². The third-order valence-electron chi connectivity index (χ3n) is 5.02. The summed E-state index contributed by atoms with van der Waals surface area (Å²) in [4.78, 5) is 22.6. The number of benzene rings is 2. The van der Waals surface area contributed by atoms with Crippen molar-refractivity contribution in [2.75, 3.05) is 26.4 Å². The first-order valence-corrected chi connectivity index (χ1v) is 13.8. The van der Waals surface area contributed by atoms with Crippen LogP contribution in [0.5, 0.6) is 5.75 Å². The van der Waals surface area contributed by atoms with Gasteiger partial charge in [-0.05, 0) is 76.4 Å². The topological polar surface area (TPSA) is 134 Å². The summed E-state index contributed by atoms with van der Waals surface area (Å²) < 4.78 is 22.9. The molecule has 0 aliphatic heterocycles. The third-order valence-corrected chi connectivity index (χ3v) is 8.17. The maximum atomic E-state index is 12.3. The van der Waals surface area contributed by atoms with E-state index in [-0.39, 0.29) is 5.69 Å². The van der Waals surface area contributed by atoms with Crippen LogP contribution in [0.1, 0.15) is 38.3 Å². The Labute approximate surface area is 212 Å². The summed E-state index contributed by atoms with van der Waals surface area (Å²) in [6.07, 6.45) is 0.0620. The van der Waals surface area contributed by atoms with Crippen LogP contribution in [0, 0.1) is 24.0 Å². The molecule has 0 saturated heterocycles. The Morgan fingerprint density at radius 1 is 0.972 bits per heavy atom. The normalized spacial score (nSPS) is 11.6. The number of non-ortho nitro benzene ring substituents is 1. The molecule has 0 aromatic heterocycles. The minimum Gasteiger partial charge on any atom is -0.410 e. The predicted octanol–water partition coefficient (Wildman–Crippen LogP) is 6.15. The molecule has 0 saturated carbocycles. The summed E-state index contributed by atoms with van der Waals surface area (Å²) in [7, 11) is -2.74. The zero-order chi connectivity index (χ0) is 26.6. The molecule has 0 spiro atoms. The van der Waals surface area contributed by atoms with Crippen molar-refractivity contribution < 1.29 is 27.7 Å². The van der Waals surface area contributed by atoms with Crippen LogP contribution in [0.3, 0.4) is 0 Å². The fourth-order valence-corrected chi connectivity index (χ4v) is 6.13. The highest BCUT2D eigenvalue weighted by molar-refractivity contribution is 6.60. The predicted molar refractivity (Wildman–Crippen MR) is 137 cm³/mol. The molecule has 0 heterocycles. The van der Waals surface area contributed by atoms with Crippen molar-refractivity contribution in [1.29, 1.82) is 0 Å². The van der Waals surface area contributed by atoms with E-state index in [1.54, 1.807) is 12.1 Å². The lowest BCUT2D eigenvalue weighted by Crippen LogP contribution is -2.46. The van der Waals surface area contributed by atoms with E-state index in [1.807, 2.05) is 34.6 Å². The molecule has 0 unspecified atom stereocenters. The number of hydrogen-bond acceptors (Lipinski definition) is 9. The van der Waals surface area contributed by atoms with Crippen LogP contribution in [0.4, 0.5) is 21.9 Å². The smallest absolute Gasteiger partial charge is 0.410 e. The van der Waals surface area contributed by atoms with E-state index in [4.69, 9.17) is 18.0 Å². The lowest BCUT2D eigenvalue weighted by atomic mass is 10.1. The van der Waals surface area contributed by atoms with Gasteiger partial charge in [-0.2, -0.15) is 10.2 Å². The molecule has 0 fully saturated rings. The first kappa shape index (κ1) is 29.0. The van der Waals surface area contributed by atoms with Crippen molar-refractivity contribution in [2.45, 2.75) is 47.1 Å². The molecule has 1 N–H and O–H groups in total. The summed E-state index contributed by atoms with van der Waals surface area (Å²) in [5.41, 5.74) is 2.64. The van der Waals surface area contributed by atoms with E-state index in [9.17, 15) is 14.9 Å². The van der Waals surface area contributed by atoms with Crippen molar-refractivity contribution in [3.63, 3.8) is 0 Å². The second-order valence-electron chi connectivity index (χ2n) is 7.78. The highest BCUT2D eigenvalue weighted by atomic mass is 28.4. The third kappa shape index (κ3) is 8.79. The van der Waals surface area contributed by atoms with Gasteiger partial charge in [0.15, 0.2) is 0 Å². The average Bonchev–Trinajstić information content (AvgIpc) is 2.82. The number of azo groups is 1. The summed E-state index contributed by atoms with van der Waals surface area (Å²) in [5, 5.41) is 21.9. The van der Waals surface area contributed by atoms with Crippen LogP contribution in [-0.2, 0) is 13.3 Å².